The van der Waals surface area contributed by atoms with E-state index >= 15 is 0 Å². The zero-order valence-corrected chi connectivity index (χ0v) is 17.1. The molecule has 28 heavy (non-hydrogen) atoms. The van der Waals surface area contributed by atoms with Gasteiger partial charge >= 0.3 is 5.97 Å². The van der Waals surface area contributed by atoms with E-state index in [2.05, 4.69) is 10.5 Å². The molecule has 0 spiro atoms. The van der Waals surface area contributed by atoms with Gasteiger partial charge in [0.05, 0.1) is 11.1 Å². The lowest BCUT2D eigenvalue weighted by atomic mass is 9.67. The van der Waals surface area contributed by atoms with Crippen molar-refractivity contribution in [1.29, 1.82) is 0 Å². The summed E-state index contributed by atoms with van der Waals surface area (Å²) in [4.78, 5) is 25.6. The number of rotatable bonds is 4. The second kappa shape index (κ2) is 7.40. The van der Waals surface area contributed by atoms with E-state index in [9.17, 15) is 9.59 Å². The van der Waals surface area contributed by atoms with Crippen LogP contribution in [0.1, 0.15) is 33.3 Å². The number of ether oxygens (including phenoxy) is 1. The quantitative estimate of drug-likeness (QED) is 0.350. The first-order valence-electron chi connectivity index (χ1n) is 9.04. The first kappa shape index (κ1) is 20.1. The predicted molar refractivity (Wildman–Crippen MR) is 111 cm³/mol. The summed E-state index contributed by atoms with van der Waals surface area (Å²) in [5, 5.41) is 5.10. The average molecular weight is 399 g/mol. The molecule has 0 bridgehead atoms. The molecule has 0 saturated carbocycles. The molecule has 1 fully saturated rings. The van der Waals surface area contributed by atoms with E-state index in [0.717, 1.165) is 5.69 Å². The highest BCUT2D eigenvalue weighted by molar-refractivity contribution is 6.30. The number of esters is 1. The van der Waals surface area contributed by atoms with Crippen LogP contribution in [0.3, 0.4) is 0 Å². The van der Waals surface area contributed by atoms with Crippen LogP contribution in [0.15, 0.2) is 59.7 Å². The van der Waals surface area contributed by atoms with Gasteiger partial charge in [-0.05, 0) is 52.0 Å². The van der Waals surface area contributed by atoms with Gasteiger partial charge in [0.25, 0.3) is 0 Å². The molecule has 0 aromatic heterocycles. The molecule has 1 aliphatic heterocycles. The van der Waals surface area contributed by atoms with Crippen molar-refractivity contribution in [3.8, 4) is 0 Å². The summed E-state index contributed by atoms with van der Waals surface area (Å²) in [7, 11) is 0. The van der Waals surface area contributed by atoms with E-state index < -0.39 is 22.9 Å². The van der Waals surface area contributed by atoms with Crippen LogP contribution >= 0.6 is 11.6 Å². The Bertz CT molecular complexity index is 919. The fourth-order valence-corrected chi connectivity index (χ4v) is 3.48. The van der Waals surface area contributed by atoms with Gasteiger partial charge in [-0.25, -0.2) is 0 Å². The summed E-state index contributed by atoms with van der Waals surface area (Å²) in [5.41, 5.74) is 2.80. The topological polar surface area (TPSA) is 67.8 Å². The Morgan fingerprint density at radius 2 is 1.61 bits per heavy atom. The molecular formula is C22H23ClN2O3. The molecule has 6 heteroatoms. The smallest absolute Gasteiger partial charge is 0.319 e. The molecule has 2 aromatic carbocycles. The summed E-state index contributed by atoms with van der Waals surface area (Å²) >= 11 is 6.02. The average Bonchev–Trinajstić information content (AvgIpc) is 2.67. The van der Waals surface area contributed by atoms with Gasteiger partial charge < -0.3 is 4.74 Å². The van der Waals surface area contributed by atoms with E-state index in [-0.39, 0.29) is 5.78 Å². The van der Waals surface area contributed by atoms with Crippen LogP contribution in [-0.4, -0.2) is 23.6 Å². The third-order valence-corrected chi connectivity index (χ3v) is 5.26. The first-order chi connectivity index (χ1) is 13.1. The Hall–Kier alpha value is -2.66. The van der Waals surface area contributed by atoms with Crippen molar-refractivity contribution >= 4 is 34.8 Å². The third kappa shape index (κ3) is 3.67. The van der Waals surface area contributed by atoms with Crippen molar-refractivity contribution < 1.29 is 14.3 Å². The summed E-state index contributed by atoms with van der Waals surface area (Å²) < 4.78 is 5.76. The Balaban J connectivity index is 2.06. The summed E-state index contributed by atoms with van der Waals surface area (Å²) in [5.74, 6) is -0.731. The van der Waals surface area contributed by atoms with Crippen LogP contribution < -0.4 is 5.43 Å². The number of anilines is 1. The number of hydrogen-bond acceptors (Lipinski definition) is 5. The number of nitrogens with one attached hydrogen (secondary N) is 1. The Morgan fingerprint density at radius 1 is 1.00 bits per heavy atom. The standard InChI is InChI=1S/C22H23ClN2O3/c1-21(2)18(28-20(27)22(3,4)19(21)26)17(14-10-12-15(23)13-11-14)25-24-16-8-6-5-7-9-16/h5-13,18,24H,1-4H3. The summed E-state index contributed by atoms with van der Waals surface area (Å²) in [6, 6.07) is 16.5. The Kier molecular flexibility index (Phi) is 5.31. The maximum Gasteiger partial charge on any atom is 0.319 e. The van der Waals surface area contributed by atoms with Gasteiger partial charge in [0.1, 0.15) is 11.1 Å². The SMILES string of the molecule is CC1(C)C(=O)OC(C(=NNc2ccccc2)c2ccc(Cl)cc2)C(C)(C)C1=O. The van der Waals surface area contributed by atoms with E-state index in [1.54, 1.807) is 52.0 Å². The van der Waals surface area contributed by atoms with Gasteiger partial charge in [-0.2, -0.15) is 5.10 Å². The third-order valence-electron chi connectivity index (χ3n) is 5.01. The van der Waals surface area contributed by atoms with Crippen molar-refractivity contribution in [3.05, 3.63) is 65.2 Å². The monoisotopic (exact) mass is 398 g/mol. The zero-order valence-electron chi connectivity index (χ0n) is 16.3. The van der Waals surface area contributed by atoms with Gasteiger partial charge in [-0.15, -0.1) is 0 Å². The number of hydrogen-bond donors (Lipinski definition) is 1. The molecule has 0 amide bonds. The van der Waals surface area contributed by atoms with Crippen LogP contribution in [0.4, 0.5) is 5.69 Å². The second-order valence-electron chi connectivity index (χ2n) is 7.94. The van der Waals surface area contributed by atoms with Gasteiger partial charge in [-0.3, -0.25) is 15.0 Å². The molecule has 2 aromatic rings. The number of halogens is 1. The normalized spacial score (nSPS) is 21.2. The van der Waals surface area contributed by atoms with E-state index in [0.29, 0.717) is 16.3 Å². The number of benzene rings is 2. The molecule has 1 N–H and O–H groups in total. The second-order valence-corrected chi connectivity index (χ2v) is 8.38. The Labute approximate surface area is 169 Å². The fourth-order valence-electron chi connectivity index (χ4n) is 3.35. The highest BCUT2D eigenvalue weighted by Crippen LogP contribution is 2.41. The number of carbonyl (C=O) groups is 2. The molecular weight excluding hydrogens is 376 g/mol. The van der Waals surface area contributed by atoms with Crippen molar-refractivity contribution in [2.75, 3.05) is 5.43 Å². The molecule has 1 aliphatic rings. The zero-order chi connectivity index (χ0) is 20.5. The molecule has 1 heterocycles. The van der Waals surface area contributed by atoms with Crippen molar-refractivity contribution in [1.82, 2.24) is 0 Å². The molecule has 3 rings (SSSR count). The molecule has 1 atom stereocenters. The molecule has 0 radical (unpaired) electrons. The van der Waals surface area contributed by atoms with Gasteiger partial charge in [0.2, 0.25) is 0 Å². The number of ketones is 1. The molecule has 146 valence electrons. The first-order valence-corrected chi connectivity index (χ1v) is 9.42. The number of cyclic esters (lactones) is 1. The molecule has 0 aliphatic carbocycles. The van der Waals surface area contributed by atoms with Crippen molar-refractivity contribution in [3.63, 3.8) is 0 Å². The van der Waals surface area contributed by atoms with E-state index in [1.165, 1.54) is 0 Å². The van der Waals surface area contributed by atoms with Gasteiger partial charge in [-0.1, -0.05) is 41.9 Å². The summed E-state index contributed by atoms with van der Waals surface area (Å²) in [6.45, 7) is 6.75. The lowest BCUT2D eigenvalue weighted by Crippen LogP contribution is -2.58. The van der Waals surface area contributed by atoms with Crippen molar-refractivity contribution in [2.45, 2.75) is 33.8 Å². The van der Waals surface area contributed by atoms with Crippen LogP contribution in [0.5, 0.6) is 0 Å². The minimum Gasteiger partial charge on any atom is -0.454 e. The molecule has 5 nitrogen and oxygen atoms in total. The maximum absolute atomic E-state index is 13.1. The highest BCUT2D eigenvalue weighted by Gasteiger charge is 2.56. The lowest BCUT2D eigenvalue weighted by molar-refractivity contribution is -0.179. The highest BCUT2D eigenvalue weighted by atomic mass is 35.5. The predicted octanol–water partition coefficient (Wildman–Crippen LogP) is 4.70. The maximum atomic E-state index is 13.1. The van der Waals surface area contributed by atoms with E-state index in [4.69, 9.17) is 16.3 Å². The minimum absolute atomic E-state index is 0.178. The Morgan fingerprint density at radius 3 is 2.21 bits per heavy atom. The fraction of sp³-hybridized carbons (Fsp3) is 0.318. The lowest BCUT2D eigenvalue weighted by Gasteiger charge is -2.43. The van der Waals surface area contributed by atoms with Gasteiger partial charge in [0, 0.05) is 10.6 Å². The van der Waals surface area contributed by atoms with Crippen LogP contribution in [0.25, 0.3) is 0 Å². The minimum atomic E-state index is -1.20. The van der Waals surface area contributed by atoms with Gasteiger partial charge in [0.15, 0.2) is 11.9 Å². The van der Waals surface area contributed by atoms with Crippen LogP contribution in [0, 0.1) is 10.8 Å². The molecule has 1 saturated heterocycles. The van der Waals surface area contributed by atoms with Crippen molar-refractivity contribution in [2.24, 2.45) is 15.9 Å². The number of nitrogens with zero attached hydrogens (tertiary/aromatic N) is 1. The number of para-hydroxylation sites is 1. The number of hydrazone groups is 1. The largest absolute Gasteiger partial charge is 0.454 e. The number of carbonyl (C=O) groups excluding carboxylic acids is 2. The number of Topliss-reactive ketones (excluding diaryl/α,β-unsaturated/α-hetero) is 1. The van der Waals surface area contributed by atoms with Crippen LogP contribution in [-0.2, 0) is 14.3 Å². The summed E-state index contributed by atoms with van der Waals surface area (Å²) in [6.07, 6.45) is -0.835. The molecule has 1 unspecified atom stereocenters. The van der Waals surface area contributed by atoms with E-state index in [1.807, 2.05) is 30.3 Å². The van der Waals surface area contributed by atoms with Crippen LogP contribution in [0.2, 0.25) is 5.02 Å².